The van der Waals surface area contributed by atoms with E-state index >= 15 is 0 Å². The van der Waals surface area contributed by atoms with Gasteiger partial charge >= 0.3 is 14.4 Å². The summed E-state index contributed by atoms with van der Waals surface area (Å²) < 4.78 is 47.3. The molecule has 0 aliphatic carbocycles. The van der Waals surface area contributed by atoms with Gasteiger partial charge in [-0.25, -0.2) is 0 Å². The van der Waals surface area contributed by atoms with Crippen LogP contribution in [-0.2, 0) is 33.1 Å². The Bertz CT molecular complexity index is 743. The fraction of sp³-hybridized carbons (Fsp3) is 0.250. The minimum absolute atomic E-state index is 0.0692. The summed E-state index contributed by atoms with van der Waals surface area (Å²) in [4.78, 5) is 9.69. The third-order valence-electron chi connectivity index (χ3n) is 3.24. The van der Waals surface area contributed by atoms with Crippen molar-refractivity contribution in [3.63, 3.8) is 0 Å². The van der Waals surface area contributed by atoms with Crippen LogP contribution in [-0.4, -0.2) is 11.1 Å². The van der Waals surface area contributed by atoms with Crippen molar-refractivity contribution < 1.29 is 27.5 Å². The largest absolute Gasteiger partial charge is 0.701 e. The van der Waals surface area contributed by atoms with E-state index in [1.54, 1.807) is 11.8 Å². The normalized spacial score (nSPS) is 12.3. The standard InChI is InChI=1S/C16H14BrF2O4PS/c1-25-13-5-2-11(3-6-13)9-22-10-12-4-7-14(15(17)8-12)16(18,19)23-24(20)21/h2-8H,9-10H2,1H3/p+1. The maximum absolute atomic E-state index is 13.7. The summed E-state index contributed by atoms with van der Waals surface area (Å²) >= 11 is 4.69. The van der Waals surface area contributed by atoms with Gasteiger partial charge in [-0.15, -0.1) is 16.7 Å². The molecule has 9 heteroatoms. The molecule has 1 unspecified atom stereocenters. The Kier molecular flexibility index (Phi) is 7.49. The van der Waals surface area contributed by atoms with Crippen molar-refractivity contribution in [2.45, 2.75) is 24.2 Å². The molecule has 2 rings (SSSR count). The van der Waals surface area contributed by atoms with E-state index in [-0.39, 0.29) is 11.1 Å². The van der Waals surface area contributed by atoms with Crippen LogP contribution >= 0.6 is 35.9 Å². The van der Waals surface area contributed by atoms with Gasteiger partial charge in [0.1, 0.15) is 0 Å². The van der Waals surface area contributed by atoms with Gasteiger partial charge in [-0.3, -0.25) is 0 Å². The van der Waals surface area contributed by atoms with E-state index in [4.69, 9.17) is 9.63 Å². The molecule has 2 aromatic rings. The van der Waals surface area contributed by atoms with Crippen LogP contribution in [0, 0.1) is 0 Å². The van der Waals surface area contributed by atoms with E-state index in [1.165, 1.54) is 12.1 Å². The van der Waals surface area contributed by atoms with Crippen molar-refractivity contribution in [2.75, 3.05) is 6.26 Å². The summed E-state index contributed by atoms with van der Waals surface area (Å²) in [5.74, 6) is 0. The molecule has 4 nitrogen and oxygen atoms in total. The molecule has 0 bridgehead atoms. The lowest BCUT2D eigenvalue weighted by Gasteiger charge is -2.12. The molecule has 0 amide bonds. The zero-order valence-electron chi connectivity index (χ0n) is 13.1. The Morgan fingerprint density at radius 1 is 1.16 bits per heavy atom. The molecule has 0 saturated carbocycles. The first kappa shape index (κ1) is 20.4. The second kappa shape index (κ2) is 9.16. The number of benzene rings is 2. The van der Waals surface area contributed by atoms with Crippen LogP contribution in [0.1, 0.15) is 16.7 Å². The molecule has 0 aliphatic rings. The molecule has 1 atom stereocenters. The van der Waals surface area contributed by atoms with Crippen LogP contribution in [0.5, 0.6) is 0 Å². The molecule has 1 N–H and O–H groups in total. The Morgan fingerprint density at radius 3 is 2.32 bits per heavy atom. The minimum atomic E-state index is -3.86. The predicted molar refractivity (Wildman–Crippen MR) is 95.7 cm³/mol. The second-order valence-electron chi connectivity index (χ2n) is 5.00. The quantitative estimate of drug-likeness (QED) is 0.417. The summed E-state index contributed by atoms with van der Waals surface area (Å²) in [5, 5.41) is 0. The van der Waals surface area contributed by atoms with Crippen LogP contribution in [0.25, 0.3) is 0 Å². The molecule has 0 aromatic heterocycles. The smallest absolute Gasteiger partial charge is 0.372 e. The molecule has 0 fully saturated rings. The third kappa shape index (κ3) is 6.09. The van der Waals surface area contributed by atoms with Gasteiger partial charge in [0.2, 0.25) is 0 Å². The average Bonchev–Trinajstić information content (AvgIpc) is 2.54. The highest BCUT2D eigenvalue weighted by Gasteiger charge is 2.44. The molecule has 2 aromatic carbocycles. The fourth-order valence-corrected chi connectivity index (χ4v) is 3.40. The summed E-state index contributed by atoms with van der Waals surface area (Å²) in [6.07, 6.45) is -1.86. The molecular weight excluding hydrogens is 437 g/mol. The van der Waals surface area contributed by atoms with Crippen molar-refractivity contribution >= 4 is 35.9 Å². The Hall–Kier alpha value is -0.890. The van der Waals surface area contributed by atoms with Crippen molar-refractivity contribution in [2.24, 2.45) is 0 Å². The molecule has 0 aliphatic heterocycles. The molecular formula is C16H15BrF2O4PS+. The molecule has 0 spiro atoms. The van der Waals surface area contributed by atoms with Crippen LogP contribution in [0.3, 0.4) is 0 Å². The second-order valence-corrected chi connectivity index (χ2v) is 7.39. The van der Waals surface area contributed by atoms with Crippen molar-refractivity contribution in [3.8, 4) is 0 Å². The number of hydrogen-bond acceptors (Lipinski definition) is 4. The van der Waals surface area contributed by atoms with Gasteiger partial charge in [0.25, 0.3) is 0 Å². The zero-order chi connectivity index (χ0) is 18.4. The van der Waals surface area contributed by atoms with Gasteiger partial charge in [0.15, 0.2) is 0 Å². The number of halogens is 3. The number of hydrogen-bond donors (Lipinski definition) is 1. The van der Waals surface area contributed by atoms with Crippen molar-refractivity contribution in [1.29, 1.82) is 0 Å². The maximum atomic E-state index is 13.7. The van der Waals surface area contributed by atoms with Gasteiger partial charge in [0, 0.05) is 13.9 Å². The highest BCUT2D eigenvalue weighted by molar-refractivity contribution is 9.10. The van der Waals surface area contributed by atoms with E-state index in [1.807, 2.05) is 30.5 Å². The summed E-state index contributed by atoms with van der Waals surface area (Å²) in [6, 6.07) is 12.0. The van der Waals surface area contributed by atoms with E-state index in [0.29, 0.717) is 12.2 Å². The SMILES string of the molecule is CSc1ccc(COCc2ccc(C(F)(F)O[P+](=O)O)c(Br)c2)cc1. The molecule has 0 heterocycles. The van der Waals surface area contributed by atoms with Gasteiger partial charge in [0.05, 0.1) is 18.8 Å². The summed E-state index contributed by atoms with van der Waals surface area (Å²) in [7, 11) is -3.42. The van der Waals surface area contributed by atoms with Crippen LogP contribution in [0.15, 0.2) is 51.8 Å². The van der Waals surface area contributed by atoms with E-state index in [9.17, 15) is 13.3 Å². The Balaban J connectivity index is 1.97. The number of alkyl halides is 2. The average molecular weight is 452 g/mol. The first-order chi connectivity index (χ1) is 11.8. The summed E-state index contributed by atoms with van der Waals surface area (Å²) in [6.45, 7) is 0.641. The number of rotatable bonds is 8. The number of ether oxygens (including phenoxy) is 1. The van der Waals surface area contributed by atoms with Gasteiger partial charge < -0.3 is 4.74 Å². The van der Waals surface area contributed by atoms with Crippen LogP contribution < -0.4 is 0 Å². The van der Waals surface area contributed by atoms with Gasteiger partial charge in [-0.05, 0) is 46.2 Å². The topological polar surface area (TPSA) is 55.8 Å². The van der Waals surface area contributed by atoms with Crippen LogP contribution in [0.4, 0.5) is 8.78 Å². The monoisotopic (exact) mass is 451 g/mol. The lowest BCUT2D eigenvalue weighted by molar-refractivity contribution is -0.186. The highest BCUT2D eigenvalue weighted by atomic mass is 79.9. The lowest BCUT2D eigenvalue weighted by atomic mass is 10.1. The first-order valence-corrected chi connectivity index (χ1v) is 10.2. The van der Waals surface area contributed by atoms with Gasteiger partial charge in [-0.2, -0.15) is 8.78 Å². The van der Waals surface area contributed by atoms with E-state index in [0.717, 1.165) is 16.5 Å². The summed E-state index contributed by atoms with van der Waals surface area (Å²) in [5.41, 5.74) is 1.17. The minimum Gasteiger partial charge on any atom is -0.372 e. The maximum Gasteiger partial charge on any atom is 0.701 e. The number of thioether (sulfide) groups is 1. The Labute approximate surface area is 157 Å². The first-order valence-electron chi connectivity index (χ1n) is 7.04. The van der Waals surface area contributed by atoms with Crippen molar-refractivity contribution in [1.82, 2.24) is 0 Å². The molecule has 25 heavy (non-hydrogen) atoms. The van der Waals surface area contributed by atoms with Crippen LogP contribution in [0.2, 0.25) is 0 Å². The zero-order valence-corrected chi connectivity index (χ0v) is 16.4. The molecule has 134 valence electrons. The van der Waals surface area contributed by atoms with E-state index in [2.05, 4.69) is 20.5 Å². The van der Waals surface area contributed by atoms with E-state index < -0.39 is 19.9 Å². The Morgan fingerprint density at radius 2 is 1.76 bits per heavy atom. The van der Waals surface area contributed by atoms with Crippen molar-refractivity contribution in [3.05, 3.63) is 63.6 Å². The predicted octanol–water partition coefficient (Wildman–Crippen LogP) is 5.60. The molecule has 0 radical (unpaired) electrons. The lowest BCUT2D eigenvalue weighted by Crippen LogP contribution is -2.15. The third-order valence-corrected chi connectivity index (χ3v) is 5.02. The van der Waals surface area contributed by atoms with Gasteiger partial charge in [-0.1, -0.05) is 34.1 Å². The molecule has 0 saturated heterocycles. The fourth-order valence-electron chi connectivity index (χ4n) is 2.04. The highest BCUT2D eigenvalue weighted by Crippen LogP contribution is 2.40.